The van der Waals surface area contributed by atoms with Gasteiger partial charge in [0.05, 0.1) is 6.04 Å². The van der Waals surface area contributed by atoms with Gasteiger partial charge >= 0.3 is 6.61 Å². The molecule has 3 N–H and O–H groups in total. The molecule has 0 saturated heterocycles. The van der Waals surface area contributed by atoms with Crippen molar-refractivity contribution in [3.8, 4) is 5.75 Å². The van der Waals surface area contributed by atoms with E-state index in [1.807, 2.05) is 6.92 Å². The highest BCUT2D eigenvalue weighted by Gasteiger charge is 2.33. The summed E-state index contributed by atoms with van der Waals surface area (Å²) < 4.78 is 29.7. The Labute approximate surface area is 135 Å². The van der Waals surface area contributed by atoms with Gasteiger partial charge in [0.2, 0.25) is 5.91 Å². The van der Waals surface area contributed by atoms with Gasteiger partial charge < -0.3 is 15.8 Å². The molecule has 23 heavy (non-hydrogen) atoms. The average molecular weight is 326 g/mol. The lowest BCUT2D eigenvalue weighted by molar-refractivity contribution is -0.126. The maximum absolute atomic E-state index is 12.5. The third kappa shape index (κ3) is 4.41. The summed E-state index contributed by atoms with van der Waals surface area (Å²) in [6.07, 6.45) is 3.40. The largest absolute Gasteiger partial charge is 0.434 e. The fraction of sp³-hybridized carbons (Fsp3) is 0.588. The van der Waals surface area contributed by atoms with Crippen LogP contribution >= 0.6 is 0 Å². The highest BCUT2D eigenvalue weighted by atomic mass is 19.3. The SMILES string of the molecule is CCC(NC(=O)[C@@H]1CCC[C@@H]1CN)c1ccccc1OC(F)F. The smallest absolute Gasteiger partial charge is 0.387 e. The Morgan fingerprint density at radius 1 is 1.39 bits per heavy atom. The van der Waals surface area contributed by atoms with E-state index >= 15 is 0 Å². The van der Waals surface area contributed by atoms with Gasteiger partial charge in [-0.15, -0.1) is 0 Å². The fourth-order valence-electron chi connectivity index (χ4n) is 3.31. The maximum atomic E-state index is 12.5. The van der Waals surface area contributed by atoms with E-state index in [0.29, 0.717) is 18.5 Å². The molecule has 2 rings (SSSR count). The lowest BCUT2D eigenvalue weighted by atomic mass is 9.94. The van der Waals surface area contributed by atoms with Crippen molar-refractivity contribution >= 4 is 5.91 Å². The average Bonchev–Trinajstić information content (AvgIpc) is 3.01. The van der Waals surface area contributed by atoms with Crippen molar-refractivity contribution in [2.24, 2.45) is 17.6 Å². The van der Waals surface area contributed by atoms with Crippen LogP contribution in [0.4, 0.5) is 8.78 Å². The number of rotatable bonds is 7. The fourth-order valence-corrected chi connectivity index (χ4v) is 3.31. The van der Waals surface area contributed by atoms with Crippen molar-refractivity contribution in [3.63, 3.8) is 0 Å². The molecule has 0 spiro atoms. The minimum atomic E-state index is -2.89. The van der Waals surface area contributed by atoms with E-state index in [9.17, 15) is 13.6 Å². The van der Waals surface area contributed by atoms with Crippen LogP contribution in [0.3, 0.4) is 0 Å². The van der Waals surface area contributed by atoms with E-state index in [-0.39, 0.29) is 29.5 Å². The number of nitrogens with two attached hydrogens (primary N) is 1. The molecular weight excluding hydrogens is 302 g/mol. The number of carbonyl (C=O) groups is 1. The second-order valence-corrected chi connectivity index (χ2v) is 5.92. The molecule has 1 unspecified atom stereocenters. The van der Waals surface area contributed by atoms with Crippen molar-refractivity contribution in [1.29, 1.82) is 0 Å². The standard InChI is InChI=1S/C17H24F2N2O2/c1-2-14(13-7-3-4-9-15(13)23-17(18)19)21-16(22)12-8-5-6-11(12)10-20/h3-4,7,9,11-12,14,17H,2,5-6,8,10,20H2,1H3,(H,21,22)/t11-,12-,14?/m1/s1. The zero-order valence-electron chi connectivity index (χ0n) is 13.3. The number of ether oxygens (including phenoxy) is 1. The minimum Gasteiger partial charge on any atom is -0.434 e. The monoisotopic (exact) mass is 326 g/mol. The molecule has 1 aliphatic rings. The van der Waals surface area contributed by atoms with Gasteiger partial charge in [-0.05, 0) is 37.8 Å². The molecule has 0 aromatic heterocycles. The number of benzene rings is 1. The molecule has 1 aliphatic carbocycles. The Bertz CT molecular complexity index is 525. The maximum Gasteiger partial charge on any atom is 0.387 e. The lowest BCUT2D eigenvalue weighted by Gasteiger charge is -2.24. The van der Waals surface area contributed by atoms with E-state index in [1.54, 1.807) is 18.2 Å². The molecule has 0 bridgehead atoms. The van der Waals surface area contributed by atoms with Crippen LogP contribution in [0.1, 0.15) is 44.2 Å². The number of alkyl halides is 2. The Morgan fingerprint density at radius 2 is 2.13 bits per heavy atom. The number of nitrogens with one attached hydrogen (secondary N) is 1. The first-order valence-electron chi connectivity index (χ1n) is 8.11. The number of hydrogen-bond acceptors (Lipinski definition) is 3. The van der Waals surface area contributed by atoms with Gasteiger partial charge in [0.25, 0.3) is 0 Å². The molecule has 1 aromatic rings. The molecule has 0 aliphatic heterocycles. The van der Waals surface area contributed by atoms with E-state index < -0.39 is 6.61 Å². The first-order chi connectivity index (χ1) is 11.1. The zero-order chi connectivity index (χ0) is 16.8. The summed E-state index contributed by atoms with van der Waals surface area (Å²) >= 11 is 0. The van der Waals surface area contributed by atoms with Gasteiger partial charge in [-0.25, -0.2) is 0 Å². The molecule has 3 atom stereocenters. The summed E-state index contributed by atoms with van der Waals surface area (Å²) in [5, 5.41) is 2.98. The van der Waals surface area contributed by atoms with Crippen LogP contribution < -0.4 is 15.8 Å². The quantitative estimate of drug-likeness (QED) is 0.808. The van der Waals surface area contributed by atoms with Gasteiger partial charge in [0, 0.05) is 11.5 Å². The summed E-state index contributed by atoms with van der Waals surface area (Å²) in [4.78, 5) is 12.5. The second kappa shape index (κ2) is 8.24. The molecule has 1 fully saturated rings. The molecule has 128 valence electrons. The van der Waals surface area contributed by atoms with Crippen molar-refractivity contribution in [2.45, 2.75) is 45.3 Å². The van der Waals surface area contributed by atoms with Gasteiger partial charge in [0.1, 0.15) is 5.75 Å². The van der Waals surface area contributed by atoms with Crippen LogP contribution in [0.15, 0.2) is 24.3 Å². The molecule has 1 amide bonds. The van der Waals surface area contributed by atoms with Crippen LogP contribution in [-0.2, 0) is 4.79 Å². The third-order valence-electron chi connectivity index (χ3n) is 4.53. The molecular formula is C17H24F2N2O2. The Kier molecular flexibility index (Phi) is 6.33. The highest BCUT2D eigenvalue weighted by molar-refractivity contribution is 5.79. The minimum absolute atomic E-state index is 0.0448. The number of halogens is 2. The summed E-state index contributed by atoms with van der Waals surface area (Å²) in [7, 11) is 0. The molecule has 1 aromatic carbocycles. The van der Waals surface area contributed by atoms with Crippen LogP contribution in [-0.4, -0.2) is 19.1 Å². The first kappa shape index (κ1) is 17.7. The van der Waals surface area contributed by atoms with Crippen LogP contribution in [0, 0.1) is 11.8 Å². The predicted octanol–water partition coefficient (Wildman–Crippen LogP) is 3.23. The lowest BCUT2D eigenvalue weighted by Crippen LogP contribution is -2.37. The van der Waals surface area contributed by atoms with Crippen LogP contribution in [0.25, 0.3) is 0 Å². The van der Waals surface area contributed by atoms with Gasteiger partial charge in [-0.3, -0.25) is 4.79 Å². The van der Waals surface area contributed by atoms with Gasteiger partial charge in [0.15, 0.2) is 0 Å². The topological polar surface area (TPSA) is 64.4 Å². The molecule has 6 heteroatoms. The summed E-state index contributed by atoms with van der Waals surface area (Å²) in [5.74, 6) is 0.186. The number of carbonyl (C=O) groups excluding carboxylic acids is 1. The first-order valence-corrected chi connectivity index (χ1v) is 8.11. The Balaban J connectivity index is 2.12. The summed E-state index contributed by atoms with van der Waals surface area (Å²) in [5.41, 5.74) is 6.31. The van der Waals surface area contributed by atoms with E-state index in [0.717, 1.165) is 19.3 Å². The molecule has 4 nitrogen and oxygen atoms in total. The molecule has 1 saturated carbocycles. The van der Waals surface area contributed by atoms with E-state index in [2.05, 4.69) is 10.1 Å². The van der Waals surface area contributed by atoms with Crippen molar-refractivity contribution in [1.82, 2.24) is 5.32 Å². The van der Waals surface area contributed by atoms with Crippen molar-refractivity contribution in [3.05, 3.63) is 29.8 Å². The predicted molar refractivity (Wildman–Crippen MR) is 84.1 cm³/mol. The normalized spacial score (nSPS) is 22.1. The Hall–Kier alpha value is -1.69. The Morgan fingerprint density at radius 3 is 2.78 bits per heavy atom. The molecule has 0 heterocycles. The number of amides is 1. The van der Waals surface area contributed by atoms with E-state index in [1.165, 1.54) is 6.07 Å². The van der Waals surface area contributed by atoms with Crippen LogP contribution in [0.2, 0.25) is 0 Å². The van der Waals surface area contributed by atoms with Crippen molar-refractivity contribution < 1.29 is 18.3 Å². The van der Waals surface area contributed by atoms with Crippen molar-refractivity contribution in [2.75, 3.05) is 6.54 Å². The highest BCUT2D eigenvalue weighted by Crippen LogP contribution is 2.33. The second-order valence-electron chi connectivity index (χ2n) is 5.92. The zero-order valence-corrected chi connectivity index (χ0v) is 13.3. The summed E-state index contributed by atoms with van der Waals surface area (Å²) in [6, 6.07) is 6.24. The third-order valence-corrected chi connectivity index (χ3v) is 4.53. The summed E-state index contributed by atoms with van der Waals surface area (Å²) in [6.45, 7) is -0.486. The van der Waals surface area contributed by atoms with E-state index in [4.69, 9.17) is 5.73 Å². The number of para-hydroxylation sites is 1. The molecule has 0 radical (unpaired) electrons. The van der Waals surface area contributed by atoms with Gasteiger partial charge in [-0.2, -0.15) is 8.78 Å². The number of hydrogen-bond donors (Lipinski definition) is 2. The van der Waals surface area contributed by atoms with Crippen LogP contribution in [0.5, 0.6) is 5.75 Å². The van der Waals surface area contributed by atoms with Gasteiger partial charge in [-0.1, -0.05) is 31.5 Å².